The maximum absolute atomic E-state index is 13.5. The Morgan fingerprint density at radius 1 is 1.24 bits per heavy atom. The Balaban J connectivity index is 1.45. The molecule has 1 unspecified atom stereocenters. The first-order valence-corrected chi connectivity index (χ1v) is 12.3. The molecule has 2 aliphatic heterocycles. The number of nitrogens with one attached hydrogen (secondary N) is 2. The highest BCUT2D eigenvalue weighted by Gasteiger charge is 2.35. The molecule has 2 aromatic rings. The Kier molecular flexibility index (Phi) is 8.83. The topological polar surface area (TPSA) is 97.8 Å². The van der Waals surface area contributed by atoms with E-state index in [1.165, 1.54) is 7.11 Å². The number of rotatable bonds is 9. The van der Waals surface area contributed by atoms with Gasteiger partial charge in [0.05, 0.1) is 43.4 Å². The van der Waals surface area contributed by atoms with E-state index in [1.807, 2.05) is 0 Å². The molecule has 2 saturated heterocycles. The number of anilines is 2. The third-order valence-corrected chi connectivity index (χ3v) is 6.50. The first-order valence-electron chi connectivity index (χ1n) is 12.3. The van der Waals surface area contributed by atoms with Gasteiger partial charge in [-0.2, -0.15) is 13.2 Å². The van der Waals surface area contributed by atoms with E-state index in [0.717, 1.165) is 45.0 Å². The van der Waals surface area contributed by atoms with Crippen LogP contribution >= 0.6 is 0 Å². The fourth-order valence-corrected chi connectivity index (χ4v) is 4.36. The van der Waals surface area contributed by atoms with Gasteiger partial charge >= 0.3 is 6.18 Å². The minimum atomic E-state index is -4.62. The van der Waals surface area contributed by atoms with Crippen molar-refractivity contribution in [2.24, 2.45) is 0 Å². The van der Waals surface area contributed by atoms with Crippen molar-refractivity contribution in [3.8, 4) is 5.75 Å². The second-order valence-corrected chi connectivity index (χ2v) is 9.29. The molecule has 0 saturated carbocycles. The molecule has 1 amide bonds. The molecule has 3 heterocycles. The van der Waals surface area contributed by atoms with Gasteiger partial charge < -0.3 is 29.7 Å². The average Bonchev–Trinajstić information content (AvgIpc) is 3.38. The van der Waals surface area contributed by atoms with Crippen LogP contribution in [0.25, 0.3) is 0 Å². The molecule has 1 aromatic heterocycles. The van der Waals surface area contributed by atoms with Gasteiger partial charge in [0, 0.05) is 24.4 Å². The monoisotopic (exact) mass is 523 g/mol. The predicted octanol–water partition coefficient (Wildman–Crippen LogP) is 3.77. The number of ether oxygens (including phenoxy) is 3. The van der Waals surface area contributed by atoms with Gasteiger partial charge in [-0.05, 0) is 64.0 Å². The molecule has 4 rings (SSSR count). The lowest BCUT2D eigenvalue weighted by Gasteiger charge is -2.29. The van der Waals surface area contributed by atoms with Crippen LogP contribution in [0, 0.1) is 0 Å². The van der Waals surface area contributed by atoms with Crippen molar-refractivity contribution in [1.29, 1.82) is 0 Å². The predicted molar refractivity (Wildman–Crippen MR) is 130 cm³/mol. The molecule has 2 fully saturated rings. The lowest BCUT2D eigenvalue weighted by atomic mass is 10.0. The highest BCUT2D eigenvalue weighted by molar-refractivity contribution is 5.95. The summed E-state index contributed by atoms with van der Waals surface area (Å²) in [4.78, 5) is 22.9. The van der Waals surface area contributed by atoms with Crippen LogP contribution in [-0.2, 0) is 22.3 Å². The molecule has 2 aliphatic rings. The number of piperidine rings is 1. The molecular formula is C25H32F3N5O4. The van der Waals surface area contributed by atoms with Gasteiger partial charge in [-0.3, -0.25) is 4.79 Å². The average molecular weight is 524 g/mol. The van der Waals surface area contributed by atoms with Crippen molar-refractivity contribution in [3.05, 3.63) is 41.2 Å². The number of benzene rings is 1. The van der Waals surface area contributed by atoms with E-state index in [0.29, 0.717) is 23.6 Å². The highest BCUT2D eigenvalue weighted by Crippen LogP contribution is 2.33. The zero-order valence-corrected chi connectivity index (χ0v) is 20.9. The van der Waals surface area contributed by atoms with E-state index in [9.17, 15) is 18.0 Å². The second kappa shape index (κ2) is 12.1. The summed E-state index contributed by atoms with van der Waals surface area (Å²) < 4.78 is 56.9. The third kappa shape index (κ3) is 7.30. The van der Waals surface area contributed by atoms with Gasteiger partial charge in [-0.1, -0.05) is 0 Å². The van der Waals surface area contributed by atoms with Crippen molar-refractivity contribution in [3.63, 3.8) is 0 Å². The maximum Gasteiger partial charge on any atom is 0.419 e. The van der Waals surface area contributed by atoms with Gasteiger partial charge in [-0.15, -0.1) is 0 Å². The summed E-state index contributed by atoms with van der Waals surface area (Å²) in [5, 5.41) is 5.94. The van der Waals surface area contributed by atoms with Gasteiger partial charge in [0.25, 0.3) is 5.91 Å². The number of methoxy groups -OCH3 is 1. The maximum atomic E-state index is 13.5. The molecule has 37 heavy (non-hydrogen) atoms. The summed E-state index contributed by atoms with van der Waals surface area (Å²) in [6, 6.07) is 4.90. The Morgan fingerprint density at radius 3 is 2.70 bits per heavy atom. The Hall–Kier alpha value is -2.96. The molecule has 1 atom stereocenters. The minimum absolute atomic E-state index is 0.0504. The normalized spacial score (nSPS) is 19.1. The minimum Gasteiger partial charge on any atom is -0.495 e. The number of nitrogens with zero attached hydrogens (tertiary/aromatic N) is 3. The summed E-state index contributed by atoms with van der Waals surface area (Å²) >= 11 is 0. The molecule has 0 radical (unpaired) electrons. The van der Waals surface area contributed by atoms with Crippen LogP contribution in [0.5, 0.6) is 5.75 Å². The van der Waals surface area contributed by atoms with Crippen LogP contribution in [0.2, 0.25) is 0 Å². The zero-order chi connectivity index (χ0) is 26.4. The van der Waals surface area contributed by atoms with E-state index in [2.05, 4.69) is 32.5 Å². The highest BCUT2D eigenvalue weighted by atomic mass is 19.4. The molecule has 202 valence electrons. The van der Waals surface area contributed by atoms with Crippen LogP contribution < -0.4 is 15.4 Å². The van der Waals surface area contributed by atoms with E-state index >= 15 is 0 Å². The quantitative estimate of drug-likeness (QED) is 0.513. The number of carbonyl (C=O) groups is 1. The molecule has 0 spiro atoms. The van der Waals surface area contributed by atoms with E-state index in [4.69, 9.17) is 14.2 Å². The number of aromatic nitrogens is 2. The first-order chi connectivity index (χ1) is 17.7. The van der Waals surface area contributed by atoms with Crippen LogP contribution in [0.1, 0.15) is 47.3 Å². The number of hydrogen-bond acceptors (Lipinski definition) is 8. The number of alkyl halides is 3. The smallest absolute Gasteiger partial charge is 0.419 e. The summed E-state index contributed by atoms with van der Waals surface area (Å²) in [6.07, 6.45) is -0.530. The van der Waals surface area contributed by atoms with Gasteiger partial charge in [-0.25, -0.2) is 9.97 Å². The summed E-state index contributed by atoms with van der Waals surface area (Å²) in [7, 11) is 3.49. The van der Waals surface area contributed by atoms with Crippen LogP contribution in [0.4, 0.5) is 24.8 Å². The van der Waals surface area contributed by atoms with Crippen LogP contribution in [0.15, 0.2) is 24.4 Å². The largest absolute Gasteiger partial charge is 0.495 e. The number of likely N-dealkylation sites (tertiary alicyclic amines) is 1. The van der Waals surface area contributed by atoms with E-state index in [1.54, 1.807) is 18.2 Å². The van der Waals surface area contributed by atoms with E-state index in [-0.39, 0.29) is 42.9 Å². The van der Waals surface area contributed by atoms with Gasteiger partial charge in [0.15, 0.2) is 0 Å². The lowest BCUT2D eigenvalue weighted by molar-refractivity contribution is -0.139. The van der Waals surface area contributed by atoms with Crippen LogP contribution in [-0.4, -0.2) is 73.4 Å². The van der Waals surface area contributed by atoms with Crippen molar-refractivity contribution >= 4 is 17.5 Å². The lowest BCUT2D eigenvalue weighted by Crippen LogP contribution is -2.43. The second-order valence-electron chi connectivity index (χ2n) is 9.29. The van der Waals surface area contributed by atoms with Gasteiger partial charge in [0.2, 0.25) is 5.95 Å². The molecular weight excluding hydrogens is 491 g/mol. The fourth-order valence-electron chi connectivity index (χ4n) is 4.36. The first kappa shape index (κ1) is 27.1. The van der Waals surface area contributed by atoms with Crippen molar-refractivity contribution in [2.45, 2.75) is 50.6 Å². The summed E-state index contributed by atoms with van der Waals surface area (Å²) in [6.45, 7) is 2.33. The number of halogens is 3. The molecule has 0 bridgehead atoms. The SMILES string of the molecule is COc1cc(C(=O)NC2CCN(C)CC2)ccc1Nc1ncc(C(F)(F)F)c(COCC2CCCO2)n1. The Labute approximate surface area is 213 Å². The fraction of sp³-hybridized carbons (Fsp3) is 0.560. The molecule has 9 nitrogen and oxygen atoms in total. The third-order valence-electron chi connectivity index (χ3n) is 6.50. The van der Waals surface area contributed by atoms with Crippen molar-refractivity contribution in [1.82, 2.24) is 20.2 Å². The van der Waals surface area contributed by atoms with Crippen molar-refractivity contribution < 1.29 is 32.2 Å². The molecule has 12 heteroatoms. The number of hydrogen-bond donors (Lipinski definition) is 2. The van der Waals surface area contributed by atoms with Crippen molar-refractivity contribution in [2.75, 3.05) is 45.8 Å². The standard InChI is InChI=1S/C25H32F3N5O4/c1-33-9-7-17(8-10-33)30-23(34)16-5-6-20(22(12-16)35-2)31-24-29-13-19(25(26,27)28)21(32-24)15-36-14-18-4-3-11-37-18/h5-6,12-13,17-18H,3-4,7-11,14-15H2,1-2H3,(H,30,34)(H,29,31,32). The van der Waals surface area contributed by atoms with Crippen LogP contribution in [0.3, 0.4) is 0 Å². The molecule has 2 N–H and O–H groups in total. The van der Waals surface area contributed by atoms with Gasteiger partial charge in [0.1, 0.15) is 5.75 Å². The molecule has 0 aliphatic carbocycles. The summed E-state index contributed by atoms with van der Waals surface area (Å²) in [5.74, 6) is 0.0668. The Bertz CT molecular complexity index is 1070. The number of amides is 1. The molecule has 1 aromatic carbocycles. The zero-order valence-electron chi connectivity index (χ0n) is 20.9. The number of carbonyl (C=O) groups excluding carboxylic acids is 1. The Morgan fingerprint density at radius 2 is 2.03 bits per heavy atom. The van der Waals surface area contributed by atoms with E-state index < -0.39 is 11.7 Å². The summed E-state index contributed by atoms with van der Waals surface area (Å²) in [5.41, 5.74) is -0.420.